The number of hydrogen-bond acceptors (Lipinski definition) is 8. The van der Waals surface area contributed by atoms with Gasteiger partial charge in [-0.2, -0.15) is 4.98 Å². The highest BCUT2D eigenvalue weighted by molar-refractivity contribution is 5.93. The van der Waals surface area contributed by atoms with Crippen LogP contribution >= 0.6 is 0 Å². The smallest absolute Gasteiger partial charge is 0.257 e. The molecule has 0 radical (unpaired) electrons. The van der Waals surface area contributed by atoms with Gasteiger partial charge in [0.1, 0.15) is 11.6 Å². The summed E-state index contributed by atoms with van der Waals surface area (Å²) in [7, 11) is 1.61. The van der Waals surface area contributed by atoms with Crippen LogP contribution in [0.2, 0.25) is 0 Å². The van der Waals surface area contributed by atoms with Gasteiger partial charge in [-0.3, -0.25) is 4.79 Å². The molecule has 1 aliphatic rings. The highest BCUT2D eigenvalue weighted by atomic mass is 16.5. The van der Waals surface area contributed by atoms with E-state index >= 15 is 0 Å². The molecule has 1 amide bonds. The number of nitrogens with zero attached hydrogens (tertiary/aromatic N) is 5. The lowest BCUT2D eigenvalue weighted by molar-refractivity contribution is -0.0367. The molecule has 0 spiro atoms. The molecule has 1 aromatic carbocycles. The Kier molecular flexibility index (Phi) is 5.69. The Labute approximate surface area is 180 Å². The molecule has 3 heterocycles. The molecule has 0 N–H and O–H groups in total. The van der Waals surface area contributed by atoms with Crippen LogP contribution in [0.25, 0.3) is 11.4 Å². The molecule has 9 nitrogen and oxygen atoms in total. The Hall–Kier alpha value is -3.33. The molecule has 9 heteroatoms. The van der Waals surface area contributed by atoms with E-state index < -0.39 is 6.10 Å². The summed E-state index contributed by atoms with van der Waals surface area (Å²) in [5, 5.41) is 4.05. The highest BCUT2D eigenvalue weighted by Crippen LogP contribution is 2.26. The first-order valence-electron chi connectivity index (χ1n) is 10.1. The number of carbonyl (C=O) groups excluding carboxylic acids is 1. The van der Waals surface area contributed by atoms with Crippen molar-refractivity contribution in [1.29, 1.82) is 0 Å². The standard InChI is InChI=1S/C22H25N5O4/c1-22(2,3)21-23-11-15(12-24-21)20(28)27-9-10-30-17(13-27)19-25-18(26-31-19)14-5-7-16(29-4)8-6-14/h5-8,11-12,17H,9-10,13H2,1-4H3/t17-/m0/s1. The van der Waals surface area contributed by atoms with Crippen LogP contribution in [0.5, 0.6) is 5.75 Å². The average molecular weight is 423 g/mol. The summed E-state index contributed by atoms with van der Waals surface area (Å²) in [5.74, 6) is 2.08. The predicted octanol–water partition coefficient (Wildman–Crippen LogP) is 3.05. The molecular formula is C22H25N5O4. The monoisotopic (exact) mass is 423 g/mol. The van der Waals surface area contributed by atoms with Crippen LogP contribution in [0.15, 0.2) is 41.2 Å². The third-order valence-corrected chi connectivity index (χ3v) is 4.99. The van der Waals surface area contributed by atoms with E-state index in [4.69, 9.17) is 14.0 Å². The molecular weight excluding hydrogens is 398 g/mol. The molecule has 1 saturated heterocycles. The van der Waals surface area contributed by atoms with Crippen LogP contribution in [-0.2, 0) is 10.2 Å². The molecule has 0 unspecified atom stereocenters. The molecule has 0 bridgehead atoms. The van der Waals surface area contributed by atoms with Gasteiger partial charge in [0.25, 0.3) is 11.8 Å². The van der Waals surface area contributed by atoms with Crippen LogP contribution in [0.4, 0.5) is 0 Å². The zero-order valence-corrected chi connectivity index (χ0v) is 18.0. The Morgan fingerprint density at radius 3 is 2.52 bits per heavy atom. The van der Waals surface area contributed by atoms with Gasteiger partial charge in [-0.1, -0.05) is 25.9 Å². The van der Waals surface area contributed by atoms with E-state index in [2.05, 4.69) is 20.1 Å². The fraction of sp³-hybridized carbons (Fsp3) is 0.409. The third-order valence-electron chi connectivity index (χ3n) is 4.99. The number of ether oxygens (including phenoxy) is 2. The second-order valence-corrected chi connectivity index (χ2v) is 8.34. The number of benzene rings is 1. The van der Waals surface area contributed by atoms with Crippen molar-refractivity contribution in [3.8, 4) is 17.1 Å². The maximum Gasteiger partial charge on any atom is 0.257 e. The number of hydrogen-bond donors (Lipinski definition) is 0. The lowest BCUT2D eigenvalue weighted by atomic mass is 9.96. The van der Waals surface area contributed by atoms with Crippen molar-refractivity contribution in [2.75, 3.05) is 26.8 Å². The average Bonchev–Trinajstić information content (AvgIpc) is 3.29. The van der Waals surface area contributed by atoms with Crippen molar-refractivity contribution in [2.24, 2.45) is 0 Å². The van der Waals surface area contributed by atoms with Crippen molar-refractivity contribution < 1.29 is 18.8 Å². The normalized spacial score (nSPS) is 16.9. The number of carbonyl (C=O) groups is 1. The van der Waals surface area contributed by atoms with Gasteiger partial charge < -0.3 is 18.9 Å². The maximum absolute atomic E-state index is 12.9. The number of morpholine rings is 1. The molecule has 0 aliphatic carbocycles. The lowest BCUT2D eigenvalue weighted by Crippen LogP contribution is -2.42. The quantitative estimate of drug-likeness (QED) is 0.631. The Balaban J connectivity index is 1.46. The fourth-order valence-electron chi connectivity index (χ4n) is 3.21. The molecule has 31 heavy (non-hydrogen) atoms. The first-order valence-corrected chi connectivity index (χ1v) is 10.1. The molecule has 1 atom stereocenters. The van der Waals surface area contributed by atoms with Crippen LogP contribution in [0.1, 0.15) is 48.9 Å². The Morgan fingerprint density at radius 2 is 1.87 bits per heavy atom. The van der Waals surface area contributed by atoms with Crippen molar-refractivity contribution in [1.82, 2.24) is 25.0 Å². The van der Waals surface area contributed by atoms with Crippen LogP contribution in [0.3, 0.4) is 0 Å². The van der Waals surface area contributed by atoms with Crippen molar-refractivity contribution in [2.45, 2.75) is 32.3 Å². The zero-order valence-electron chi connectivity index (χ0n) is 18.0. The molecule has 3 aromatic rings. The summed E-state index contributed by atoms with van der Waals surface area (Å²) in [5.41, 5.74) is 1.07. The van der Waals surface area contributed by atoms with Crippen molar-refractivity contribution in [3.63, 3.8) is 0 Å². The van der Waals surface area contributed by atoms with E-state index in [-0.39, 0.29) is 11.3 Å². The van der Waals surface area contributed by atoms with E-state index in [1.165, 1.54) is 0 Å². The second-order valence-electron chi connectivity index (χ2n) is 8.34. The Bertz CT molecular complexity index is 1040. The van der Waals surface area contributed by atoms with E-state index in [1.807, 2.05) is 45.0 Å². The summed E-state index contributed by atoms with van der Waals surface area (Å²) in [6.45, 7) is 7.24. The largest absolute Gasteiger partial charge is 0.497 e. The lowest BCUT2D eigenvalue weighted by Gasteiger charge is -2.31. The van der Waals surface area contributed by atoms with Gasteiger partial charge in [-0.25, -0.2) is 9.97 Å². The van der Waals surface area contributed by atoms with Gasteiger partial charge in [0, 0.05) is 29.9 Å². The first-order chi connectivity index (χ1) is 14.8. The van der Waals surface area contributed by atoms with E-state index in [9.17, 15) is 4.79 Å². The van der Waals surface area contributed by atoms with Crippen molar-refractivity contribution >= 4 is 5.91 Å². The van der Waals surface area contributed by atoms with Gasteiger partial charge >= 0.3 is 0 Å². The fourth-order valence-corrected chi connectivity index (χ4v) is 3.21. The van der Waals surface area contributed by atoms with Gasteiger partial charge in [0.05, 0.1) is 25.8 Å². The number of rotatable bonds is 4. The predicted molar refractivity (Wildman–Crippen MR) is 112 cm³/mol. The van der Waals surface area contributed by atoms with E-state index in [0.717, 1.165) is 11.3 Å². The molecule has 2 aromatic heterocycles. The van der Waals surface area contributed by atoms with Crippen LogP contribution < -0.4 is 4.74 Å². The van der Waals surface area contributed by atoms with Crippen LogP contribution in [-0.4, -0.2) is 57.7 Å². The number of methoxy groups -OCH3 is 1. The van der Waals surface area contributed by atoms with E-state index in [0.29, 0.717) is 42.8 Å². The summed E-state index contributed by atoms with van der Waals surface area (Å²) in [6.07, 6.45) is 2.66. The van der Waals surface area contributed by atoms with Crippen LogP contribution in [0, 0.1) is 0 Å². The summed E-state index contributed by atoms with van der Waals surface area (Å²) in [4.78, 5) is 27.8. The highest BCUT2D eigenvalue weighted by Gasteiger charge is 2.30. The number of aromatic nitrogens is 4. The molecule has 0 saturated carbocycles. The molecule has 1 aliphatic heterocycles. The molecule has 4 rings (SSSR count). The van der Waals surface area contributed by atoms with E-state index in [1.54, 1.807) is 24.4 Å². The third kappa shape index (κ3) is 4.56. The first kappa shape index (κ1) is 20.9. The summed E-state index contributed by atoms with van der Waals surface area (Å²) >= 11 is 0. The minimum Gasteiger partial charge on any atom is -0.497 e. The van der Waals surface area contributed by atoms with Gasteiger partial charge in [0.2, 0.25) is 5.82 Å². The minimum absolute atomic E-state index is 0.149. The minimum atomic E-state index is -0.494. The summed E-state index contributed by atoms with van der Waals surface area (Å²) < 4.78 is 16.4. The van der Waals surface area contributed by atoms with Gasteiger partial charge in [-0.15, -0.1) is 0 Å². The second kappa shape index (κ2) is 8.43. The SMILES string of the molecule is COc1ccc(-c2noc([C@@H]3CN(C(=O)c4cnc(C(C)(C)C)nc4)CCO3)n2)cc1. The zero-order chi connectivity index (χ0) is 22.0. The molecule has 1 fully saturated rings. The molecule has 162 valence electrons. The number of amides is 1. The Morgan fingerprint density at radius 1 is 1.16 bits per heavy atom. The topological polar surface area (TPSA) is 103 Å². The van der Waals surface area contributed by atoms with Gasteiger partial charge in [0.15, 0.2) is 6.10 Å². The van der Waals surface area contributed by atoms with Crippen molar-refractivity contribution in [3.05, 3.63) is 53.9 Å². The summed E-state index contributed by atoms with van der Waals surface area (Å²) in [6, 6.07) is 7.37. The van der Waals surface area contributed by atoms with Gasteiger partial charge in [-0.05, 0) is 24.3 Å². The maximum atomic E-state index is 12.9.